The maximum absolute atomic E-state index is 10.9. The van der Waals surface area contributed by atoms with Crippen molar-refractivity contribution in [3.05, 3.63) is 33.9 Å². The zero-order chi connectivity index (χ0) is 11.1. The predicted molar refractivity (Wildman–Crippen MR) is 59.5 cm³/mol. The van der Waals surface area contributed by atoms with Gasteiger partial charge >= 0.3 is 94.3 Å². The molecule has 1 aliphatic rings. The number of fused-ring (bicyclic) bond motifs is 1. The van der Waals surface area contributed by atoms with Crippen LogP contribution in [0.1, 0.15) is 19.4 Å². The van der Waals surface area contributed by atoms with Crippen molar-refractivity contribution in [2.45, 2.75) is 19.3 Å². The summed E-state index contributed by atoms with van der Waals surface area (Å²) in [5.41, 5.74) is 1.37. The van der Waals surface area contributed by atoms with Gasteiger partial charge in [0.2, 0.25) is 0 Å². The van der Waals surface area contributed by atoms with Gasteiger partial charge in [-0.1, -0.05) is 0 Å². The van der Waals surface area contributed by atoms with E-state index in [1.54, 1.807) is 12.1 Å². The van der Waals surface area contributed by atoms with Crippen LogP contribution in [0.25, 0.3) is 0 Å². The first-order valence-electron chi connectivity index (χ1n) is 4.70. The molecule has 2 rings (SSSR count). The molecule has 1 aromatic rings. The second kappa shape index (κ2) is 3.59. The summed E-state index contributed by atoms with van der Waals surface area (Å²) in [6.45, 7) is 5.11. The van der Waals surface area contributed by atoms with Crippen LogP contribution in [0, 0.1) is 10.1 Å². The van der Waals surface area contributed by atoms with Gasteiger partial charge in [-0.15, -0.1) is 0 Å². The van der Waals surface area contributed by atoms with Gasteiger partial charge in [0, 0.05) is 0 Å². The third kappa shape index (κ3) is 1.78. The van der Waals surface area contributed by atoms with Gasteiger partial charge in [0.05, 0.1) is 0 Å². The quantitative estimate of drug-likeness (QED) is 0.465. The van der Waals surface area contributed by atoms with Crippen molar-refractivity contribution in [2.24, 2.45) is 0 Å². The molecule has 15 heavy (non-hydrogen) atoms. The summed E-state index contributed by atoms with van der Waals surface area (Å²) in [7, 11) is 0. The number of nitro benzene ring substituents is 1. The SMILES string of the molecule is CC1(C)CN[Se]c2c([N+](=O)[O-])cccc21. The van der Waals surface area contributed by atoms with E-state index in [2.05, 4.69) is 18.2 Å². The van der Waals surface area contributed by atoms with E-state index in [0.717, 1.165) is 16.6 Å². The van der Waals surface area contributed by atoms with E-state index in [-0.39, 0.29) is 31.2 Å². The van der Waals surface area contributed by atoms with Crippen LogP contribution in [0.2, 0.25) is 0 Å². The second-order valence-corrected chi connectivity index (χ2v) is 6.11. The number of hydrogen-bond acceptors (Lipinski definition) is 3. The number of nitro groups is 1. The Morgan fingerprint density at radius 2 is 2.27 bits per heavy atom. The van der Waals surface area contributed by atoms with Gasteiger partial charge in [-0.05, 0) is 0 Å². The Morgan fingerprint density at radius 1 is 1.53 bits per heavy atom. The fraction of sp³-hybridized carbons (Fsp3) is 0.400. The van der Waals surface area contributed by atoms with E-state index in [0.29, 0.717) is 0 Å². The van der Waals surface area contributed by atoms with E-state index >= 15 is 0 Å². The van der Waals surface area contributed by atoms with E-state index in [4.69, 9.17) is 0 Å². The molecule has 80 valence electrons. The number of rotatable bonds is 1. The van der Waals surface area contributed by atoms with Crippen LogP contribution in [0.3, 0.4) is 0 Å². The zero-order valence-electron chi connectivity index (χ0n) is 8.61. The average molecular weight is 271 g/mol. The van der Waals surface area contributed by atoms with Gasteiger partial charge < -0.3 is 0 Å². The van der Waals surface area contributed by atoms with Crippen LogP contribution in [-0.2, 0) is 5.41 Å². The van der Waals surface area contributed by atoms with Crippen LogP contribution in [0.4, 0.5) is 5.69 Å². The topological polar surface area (TPSA) is 55.2 Å². The molecule has 1 heterocycles. The summed E-state index contributed by atoms with van der Waals surface area (Å²) in [5.74, 6) is 0. The Hall–Kier alpha value is -0.901. The maximum atomic E-state index is 10.9. The minimum atomic E-state index is -0.288. The Kier molecular flexibility index (Phi) is 2.54. The molecular formula is C10H12N2O2Se. The molecule has 0 amide bonds. The molecule has 4 nitrogen and oxygen atoms in total. The fourth-order valence-electron chi connectivity index (χ4n) is 1.69. The van der Waals surface area contributed by atoms with Gasteiger partial charge in [-0.2, -0.15) is 0 Å². The molecule has 0 radical (unpaired) electrons. The third-order valence-corrected chi connectivity index (χ3v) is 4.54. The number of benzene rings is 1. The molecule has 1 N–H and O–H groups in total. The number of nitrogens with zero attached hydrogens (tertiary/aromatic N) is 1. The Bertz CT molecular complexity index is 418. The van der Waals surface area contributed by atoms with Crippen LogP contribution < -0.4 is 8.79 Å². The van der Waals surface area contributed by atoms with Crippen LogP contribution in [-0.4, -0.2) is 26.6 Å². The molecule has 0 spiro atoms. The predicted octanol–water partition coefficient (Wildman–Crippen LogP) is 0.720. The van der Waals surface area contributed by atoms with Gasteiger partial charge in [-0.25, -0.2) is 0 Å². The summed E-state index contributed by atoms with van der Waals surface area (Å²) < 4.78 is 4.18. The fourth-order valence-corrected chi connectivity index (χ4v) is 4.38. The van der Waals surface area contributed by atoms with Crippen molar-refractivity contribution in [3.8, 4) is 0 Å². The number of hydrogen-bond donors (Lipinski definition) is 1. The number of nitrogens with one attached hydrogen (secondary N) is 1. The molecule has 0 saturated carbocycles. The molecule has 0 unspecified atom stereocenters. The summed E-state index contributed by atoms with van der Waals surface area (Å²) in [6.07, 6.45) is 0. The summed E-state index contributed by atoms with van der Waals surface area (Å²) in [5, 5.41) is 10.9. The second-order valence-electron chi connectivity index (χ2n) is 4.22. The minimum absolute atomic E-state index is 0.0125. The average Bonchev–Trinajstić information content (AvgIpc) is 2.16. The molecule has 0 saturated heterocycles. The van der Waals surface area contributed by atoms with Crippen LogP contribution in [0.5, 0.6) is 0 Å². The first-order chi connectivity index (χ1) is 7.02. The molecule has 0 fully saturated rings. The van der Waals surface area contributed by atoms with Crippen molar-refractivity contribution in [3.63, 3.8) is 0 Å². The Labute approximate surface area is 94.6 Å². The molecule has 0 aromatic heterocycles. The summed E-state index contributed by atoms with van der Waals surface area (Å²) in [6, 6.07) is 5.37. The molecule has 0 bridgehead atoms. The van der Waals surface area contributed by atoms with E-state index < -0.39 is 0 Å². The first-order valence-corrected chi connectivity index (χ1v) is 6.41. The van der Waals surface area contributed by atoms with Crippen molar-refractivity contribution in [2.75, 3.05) is 6.54 Å². The monoisotopic (exact) mass is 272 g/mol. The van der Waals surface area contributed by atoms with Crippen LogP contribution >= 0.6 is 0 Å². The van der Waals surface area contributed by atoms with Gasteiger partial charge in [0.25, 0.3) is 0 Å². The normalized spacial score (nSPS) is 18.3. The van der Waals surface area contributed by atoms with Crippen molar-refractivity contribution < 1.29 is 4.92 Å². The molecule has 1 aliphatic heterocycles. The van der Waals surface area contributed by atoms with Gasteiger partial charge in [-0.3, -0.25) is 0 Å². The van der Waals surface area contributed by atoms with Gasteiger partial charge in [0.1, 0.15) is 0 Å². The van der Waals surface area contributed by atoms with Crippen molar-refractivity contribution in [1.29, 1.82) is 0 Å². The Morgan fingerprint density at radius 3 is 2.93 bits per heavy atom. The van der Waals surface area contributed by atoms with E-state index in [1.165, 1.54) is 0 Å². The first kappa shape index (κ1) is 10.6. The van der Waals surface area contributed by atoms with Crippen molar-refractivity contribution in [1.82, 2.24) is 4.33 Å². The van der Waals surface area contributed by atoms with Crippen molar-refractivity contribution >= 4 is 25.3 Å². The molecular weight excluding hydrogens is 259 g/mol. The standard InChI is InChI=1S/C10H12N2O2Se/c1-10(2)6-11-15-9-7(10)4-3-5-8(9)12(13)14/h3-5,11H,6H2,1-2H3. The zero-order valence-corrected chi connectivity index (χ0v) is 10.3. The molecule has 5 heteroatoms. The van der Waals surface area contributed by atoms with Gasteiger partial charge in [0.15, 0.2) is 0 Å². The third-order valence-electron chi connectivity index (χ3n) is 2.61. The molecule has 1 aromatic carbocycles. The molecule has 0 aliphatic carbocycles. The van der Waals surface area contributed by atoms with E-state index in [1.807, 2.05) is 6.07 Å². The summed E-state index contributed by atoms with van der Waals surface area (Å²) in [4.78, 5) is 10.6. The van der Waals surface area contributed by atoms with Crippen LogP contribution in [0.15, 0.2) is 18.2 Å². The van der Waals surface area contributed by atoms with E-state index in [9.17, 15) is 10.1 Å². The molecule has 0 atom stereocenters. The Balaban J connectivity index is 2.61. The summed E-state index contributed by atoms with van der Waals surface area (Å²) >= 11 is 0.0223.